The number of nitrogens with zero attached hydrogens (tertiary/aromatic N) is 2. The second-order valence-corrected chi connectivity index (χ2v) is 3.26. The molecule has 3 N–H and O–H groups in total. The third-order valence-corrected chi connectivity index (χ3v) is 2.37. The summed E-state index contributed by atoms with van der Waals surface area (Å²) in [6.45, 7) is 0.158. The van der Waals surface area contributed by atoms with Crippen molar-refractivity contribution < 1.29 is 5.11 Å². The highest BCUT2D eigenvalue weighted by atomic mass is 16.3. The van der Waals surface area contributed by atoms with Gasteiger partial charge in [0.25, 0.3) is 0 Å². The number of aliphatic hydroxyl groups excluding tert-OH is 1. The Morgan fingerprint density at radius 2 is 2.17 bits per heavy atom. The third kappa shape index (κ3) is 1.04. The molecule has 1 saturated carbocycles. The average Bonchev–Trinajstić information content (AvgIpc) is 2.86. The van der Waals surface area contributed by atoms with Gasteiger partial charge in [0.05, 0.1) is 24.7 Å². The van der Waals surface area contributed by atoms with Crippen molar-refractivity contribution in [3.8, 4) is 0 Å². The molecule has 0 spiro atoms. The highest BCUT2D eigenvalue weighted by Crippen LogP contribution is 2.46. The van der Waals surface area contributed by atoms with Gasteiger partial charge in [-0.05, 0) is 12.8 Å². The minimum Gasteiger partial charge on any atom is -0.395 e. The first-order valence-corrected chi connectivity index (χ1v) is 3.96. The van der Waals surface area contributed by atoms with Gasteiger partial charge in [-0.3, -0.25) is 4.98 Å². The number of aliphatic hydroxyl groups is 1. The molecular formula is C8H11N3O. The molecule has 0 amide bonds. The van der Waals surface area contributed by atoms with Gasteiger partial charge in [-0.15, -0.1) is 0 Å². The molecule has 1 aliphatic rings. The van der Waals surface area contributed by atoms with Crippen molar-refractivity contribution in [1.29, 1.82) is 0 Å². The zero-order valence-electron chi connectivity index (χ0n) is 6.70. The first kappa shape index (κ1) is 7.49. The van der Waals surface area contributed by atoms with Crippen LogP contribution in [-0.4, -0.2) is 21.7 Å². The summed E-state index contributed by atoms with van der Waals surface area (Å²) in [5.74, 6) is 0.424. The SMILES string of the molecule is Nc1cnc(C2(CO)CC2)cn1. The average molecular weight is 165 g/mol. The van der Waals surface area contributed by atoms with Gasteiger partial charge in [0.15, 0.2) is 0 Å². The van der Waals surface area contributed by atoms with E-state index in [2.05, 4.69) is 9.97 Å². The van der Waals surface area contributed by atoms with E-state index in [0.29, 0.717) is 5.82 Å². The van der Waals surface area contributed by atoms with Crippen LogP contribution in [0.5, 0.6) is 0 Å². The van der Waals surface area contributed by atoms with Gasteiger partial charge in [-0.25, -0.2) is 4.98 Å². The van der Waals surface area contributed by atoms with Gasteiger partial charge in [0.2, 0.25) is 0 Å². The van der Waals surface area contributed by atoms with Gasteiger partial charge in [-0.1, -0.05) is 0 Å². The third-order valence-electron chi connectivity index (χ3n) is 2.37. The molecule has 0 bridgehead atoms. The normalized spacial score (nSPS) is 19.1. The van der Waals surface area contributed by atoms with E-state index in [1.807, 2.05) is 0 Å². The van der Waals surface area contributed by atoms with E-state index in [-0.39, 0.29) is 12.0 Å². The van der Waals surface area contributed by atoms with Crippen LogP contribution in [0, 0.1) is 0 Å². The number of nitrogens with two attached hydrogens (primary N) is 1. The quantitative estimate of drug-likeness (QED) is 0.651. The Hall–Kier alpha value is -1.16. The van der Waals surface area contributed by atoms with Crippen molar-refractivity contribution in [3.05, 3.63) is 18.1 Å². The molecule has 2 rings (SSSR count). The van der Waals surface area contributed by atoms with Crippen LogP contribution in [0.2, 0.25) is 0 Å². The van der Waals surface area contributed by atoms with E-state index in [9.17, 15) is 0 Å². The lowest BCUT2D eigenvalue weighted by atomic mass is 10.1. The maximum Gasteiger partial charge on any atom is 0.141 e. The summed E-state index contributed by atoms with van der Waals surface area (Å²) in [5, 5.41) is 9.08. The molecule has 64 valence electrons. The van der Waals surface area contributed by atoms with Crippen LogP contribution in [-0.2, 0) is 5.41 Å². The van der Waals surface area contributed by atoms with Gasteiger partial charge >= 0.3 is 0 Å². The lowest BCUT2D eigenvalue weighted by Crippen LogP contribution is -2.14. The first-order chi connectivity index (χ1) is 5.77. The zero-order valence-corrected chi connectivity index (χ0v) is 6.70. The molecule has 4 heteroatoms. The van der Waals surface area contributed by atoms with Crippen molar-refractivity contribution in [3.63, 3.8) is 0 Å². The number of aromatic nitrogens is 2. The minimum absolute atomic E-state index is 0.0965. The van der Waals surface area contributed by atoms with Crippen LogP contribution < -0.4 is 5.73 Å². The molecule has 12 heavy (non-hydrogen) atoms. The van der Waals surface area contributed by atoms with Gasteiger partial charge in [0, 0.05) is 5.41 Å². The highest BCUT2D eigenvalue weighted by molar-refractivity contribution is 5.28. The Labute approximate surface area is 70.5 Å². The van der Waals surface area contributed by atoms with E-state index in [0.717, 1.165) is 18.5 Å². The molecule has 0 unspecified atom stereocenters. The molecule has 0 saturated heterocycles. The summed E-state index contributed by atoms with van der Waals surface area (Å²) in [4.78, 5) is 8.07. The topological polar surface area (TPSA) is 72.0 Å². The predicted octanol–water partition coefficient (Wildman–Crippen LogP) is 0.0827. The molecule has 1 aliphatic carbocycles. The second kappa shape index (κ2) is 2.42. The largest absolute Gasteiger partial charge is 0.395 e. The number of anilines is 1. The predicted molar refractivity (Wildman–Crippen MR) is 44.4 cm³/mol. The van der Waals surface area contributed by atoms with Crippen molar-refractivity contribution in [1.82, 2.24) is 9.97 Å². The zero-order chi connectivity index (χ0) is 8.60. The Morgan fingerprint density at radius 1 is 1.42 bits per heavy atom. The molecule has 1 heterocycles. The second-order valence-electron chi connectivity index (χ2n) is 3.26. The van der Waals surface area contributed by atoms with Gasteiger partial charge in [-0.2, -0.15) is 0 Å². The number of rotatable bonds is 2. The monoisotopic (exact) mass is 165 g/mol. The van der Waals surface area contributed by atoms with E-state index in [4.69, 9.17) is 10.8 Å². The molecule has 0 radical (unpaired) electrons. The van der Waals surface area contributed by atoms with E-state index >= 15 is 0 Å². The standard InChI is InChI=1S/C8H11N3O/c9-7-4-10-6(3-11-7)8(5-12)1-2-8/h3-4,12H,1-2,5H2,(H2,9,11). The van der Waals surface area contributed by atoms with Gasteiger partial charge < -0.3 is 10.8 Å². The summed E-state index contributed by atoms with van der Waals surface area (Å²) in [7, 11) is 0. The summed E-state index contributed by atoms with van der Waals surface area (Å²) in [6.07, 6.45) is 5.19. The minimum atomic E-state index is -0.0965. The maximum absolute atomic E-state index is 9.08. The Balaban J connectivity index is 2.29. The van der Waals surface area contributed by atoms with Crippen molar-refractivity contribution in [2.45, 2.75) is 18.3 Å². The van der Waals surface area contributed by atoms with Crippen LogP contribution in [0.15, 0.2) is 12.4 Å². The van der Waals surface area contributed by atoms with Crippen LogP contribution in [0.25, 0.3) is 0 Å². The molecule has 0 aliphatic heterocycles. The molecule has 0 atom stereocenters. The molecule has 0 aromatic carbocycles. The van der Waals surface area contributed by atoms with Crippen LogP contribution in [0.4, 0.5) is 5.82 Å². The van der Waals surface area contributed by atoms with Crippen molar-refractivity contribution in [2.24, 2.45) is 0 Å². The van der Waals surface area contributed by atoms with Crippen molar-refractivity contribution in [2.75, 3.05) is 12.3 Å². The lowest BCUT2D eigenvalue weighted by Gasteiger charge is -2.09. The summed E-state index contributed by atoms with van der Waals surface area (Å²) >= 11 is 0. The Kier molecular flexibility index (Phi) is 1.51. The Bertz CT molecular complexity index is 279. The number of hydrogen-bond acceptors (Lipinski definition) is 4. The fourth-order valence-electron chi connectivity index (χ4n) is 1.26. The highest BCUT2D eigenvalue weighted by Gasteiger charge is 2.45. The summed E-state index contributed by atoms with van der Waals surface area (Å²) in [6, 6.07) is 0. The molecule has 1 fully saturated rings. The first-order valence-electron chi connectivity index (χ1n) is 3.96. The summed E-state index contributed by atoms with van der Waals surface area (Å²) in [5.41, 5.74) is 6.16. The molecule has 1 aromatic rings. The molecule has 4 nitrogen and oxygen atoms in total. The maximum atomic E-state index is 9.08. The summed E-state index contributed by atoms with van der Waals surface area (Å²) < 4.78 is 0. The fourth-order valence-corrected chi connectivity index (χ4v) is 1.26. The number of nitrogen functional groups attached to an aromatic ring is 1. The molecule has 1 aromatic heterocycles. The van der Waals surface area contributed by atoms with Crippen LogP contribution in [0.3, 0.4) is 0 Å². The fraction of sp³-hybridized carbons (Fsp3) is 0.500. The van der Waals surface area contributed by atoms with Crippen LogP contribution in [0.1, 0.15) is 18.5 Å². The van der Waals surface area contributed by atoms with Crippen molar-refractivity contribution >= 4 is 5.82 Å². The lowest BCUT2D eigenvalue weighted by molar-refractivity contribution is 0.252. The molecular weight excluding hydrogens is 154 g/mol. The van der Waals surface area contributed by atoms with Gasteiger partial charge in [0.1, 0.15) is 5.82 Å². The van der Waals surface area contributed by atoms with E-state index in [1.54, 1.807) is 6.20 Å². The van der Waals surface area contributed by atoms with E-state index < -0.39 is 0 Å². The van der Waals surface area contributed by atoms with Crippen LogP contribution >= 0.6 is 0 Å². The Morgan fingerprint density at radius 3 is 2.58 bits per heavy atom. The van der Waals surface area contributed by atoms with E-state index in [1.165, 1.54) is 6.20 Å². The smallest absolute Gasteiger partial charge is 0.141 e. The number of hydrogen-bond donors (Lipinski definition) is 2.